The molecule has 5 nitrogen and oxygen atoms in total. The average Bonchev–Trinajstić information content (AvgIpc) is 2.03. The summed E-state index contributed by atoms with van der Waals surface area (Å²) >= 11 is 0. The molecule has 1 rings (SSSR count). The minimum Gasteiger partial charge on any atom is -0.508 e. The Labute approximate surface area is 75.1 Å². The fourth-order valence-corrected chi connectivity index (χ4v) is 1.54. The Morgan fingerprint density at radius 3 is 2.54 bits per heavy atom. The van der Waals surface area contributed by atoms with Gasteiger partial charge in [-0.3, -0.25) is 0 Å². The first-order valence-electron chi connectivity index (χ1n) is 3.21. The number of benzene rings is 1. The number of nitrogens with zero attached hydrogens (tertiary/aromatic N) is 1. The molecule has 0 saturated carbocycles. The van der Waals surface area contributed by atoms with Crippen molar-refractivity contribution in [3.63, 3.8) is 0 Å². The Bertz CT molecular complexity index is 473. The lowest BCUT2D eigenvalue weighted by atomic mass is 10.2. The van der Waals surface area contributed by atoms with E-state index in [-0.39, 0.29) is 16.2 Å². The largest absolute Gasteiger partial charge is 0.508 e. The van der Waals surface area contributed by atoms with Crippen LogP contribution in [0.2, 0.25) is 0 Å². The van der Waals surface area contributed by atoms with Crippen LogP contribution >= 0.6 is 0 Å². The van der Waals surface area contributed by atoms with E-state index in [0.29, 0.717) is 0 Å². The maximum Gasteiger partial charge on any atom is 0.239 e. The summed E-state index contributed by atoms with van der Waals surface area (Å²) in [7, 11) is -3.95. The van der Waals surface area contributed by atoms with E-state index in [4.69, 9.17) is 15.5 Å². The van der Waals surface area contributed by atoms with E-state index in [1.54, 1.807) is 6.07 Å². The molecule has 0 aliphatic heterocycles. The molecule has 0 fully saturated rings. The van der Waals surface area contributed by atoms with E-state index in [2.05, 4.69) is 0 Å². The molecule has 0 spiro atoms. The van der Waals surface area contributed by atoms with Gasteiger partial charge in [-0.25, -0.2) is 13.6 Å². The van der Waals surface area contributed by atoms with E-state index >= 15 is 0 Å². The number of primary sulfonamides is 1. The number of rotatable bonds is 1. The van der Waals surface area contributed by atoms with Gasteiger partial charge in [-0.15, -0.1) is 0 Å². The molecular weight excluding hydrogens is 192 g/mol. The van der Waals surface area contributed by atoms with Crippen molar-refractivity contribution in [1.82, 2.24) is 0 Å². The summed E-state index contributed by atoms with van der Waals surface area (Å²) in [4.78, 5) is -0.366. The van der Waals surface area contributed by atoms with E-state index in [9.17, 15) is 8.42 Å². The summed E-state index contributed by atoms with van der Waals surface area (Å²) in [6.07, 6.45) is 0. The molecule has 13 heavy (non-hydrogen) atoms. The molecule has 0 aliphatic carbocycles. The SMILES string of the molecule is N#Cc1ccc(O)cc1S(N)(=O)=O. The zero-order chi connectivity index (χ0) is 10.1. The van der Waals surface area contributed by atoms with Gasteiger partial charge in [-0.1, -0.05) is 0 Å². The number of hydrogen-bond acceptors (Lipinski definition) is 4. The second kappa shape index (κ2) is 3.05. The molecule has 1 aromatic carbocycles. The molecule has 0 atom stereocenters. The summed E-state index contributed by atoms with van der Waals surface area (Å²) in [6, 6.07) is 5.00. The highest BCUT2D eigenvalue weighted by atomic mass is 32.2. The quantitative estimate of drug-likeness (QED) is 0.657. The van der Waals surface area contributed by atoms with Gasteiger partial charge < -0.3 is 5.11 Å². The van der Waals surface area contributed by atoms with Crippen LogP contribution in [0.3, 0.4) is 0 Å². The molecule has 0 saturated heterocycles. The van der Waals surface area contributed by atoms with Crippen LogP contribution in [0.4, 0.5) is 0 Å². The zero-order valence-electron chi connectivity index (χ0n) is 6.43. The highest BCUT2D eigenvalue weighted by molar-refractivity contribution is 7.89. The van der Waals surface area contributed by atoms with Gasteiger partial charge in [-0.05, 0) is 12.1 Å². The maximum absolute atomic E-state index is 10.9. The van der Waals surface area contributed by atoms with Crippen LogP contribution in [0.5, 0.6) is 5.75 Å². The Balaban J connectivity index is 3.53. The molecule has 0 amide bonds. The molecule has 3 N–H and O–H groups in total. The number of phenolic OH excluding ortho intramolecular Hbond substituents is 1. The van der Waals surface area contributed by atoms with E-state index < -0.39 is 10.0 Å². The van der Waals surface area contributed by atoms with Gasteiger partial charge in [0.05, 0.1) is 5.56 Å². The van der Waals surface area contributed by atoms with Crippen LogP contribution in [0.1, 0.15) is 5.56 Å². The van der Waals surface area contributed by atoms with Crippen molar-refractivity contribution in [1.29, 1.82) is 5.26 Å². The van der Waals surface area contributed by atoms with Crippen LogP contribution in [0.15, 0.2) is 23.1 Å². The number of hydrogen-bond donors (Lipinski definition) is 2. The standard InChI is InChI=1S/C7H6N2O3S/c8-4-5-1-2-6(10)3-7(5)13(9,11)12/h1-3,10H,(H2,9,11,12). The second-order valence-electron chi connectivity index (χ2n) is 2.34. The summed E-state index contributed by atoms with van der Waals surface area (Å²) in [5.41, 5.74) is -0.0831. The van der Waals surface area contributed by atoms with Crippen LogP contribution in [-0.4, -0.2) is 13.5 Å². The summed E-state index contributed by atoms with van der Waals surface area (Å²) in [5.74, 6) is -0.247. The first-order chi connectivity index (χ1) is 5.95. The van der Waals surface area contributed by atoms with Crippen molar-refractivity contribution in [2.75, 3.05) is 0 Å². The summed E-state index contributed by atoms with van der Waals surface area (Å²) in [6.45, 7) is 0. The number of aromatic hydroxyl groups is 1. The van der Waals surface area contributed by atoms with E-state index in [1.165, 1.54) is 12.1 Å². The minimum absolute atomic E-state index is 0.0831. The van der Waals surface area contributed by atoms with Gasteiger partial charge in [-0.2, -0.15) is 5.26 Å². The van der Waals surface area contributed by atoms with Gasteiger partial charge in [0.1, 0.15) is 16.7 Å². The third kappa shape index (κ3) is 1.96. The van der Waals surface area contributed by atoms with Crippen LogP contribution in [-0.2, 0) is 10.0 Å². The van der Waals surface area contributed by atoms with Crippen molar-refractivity contribution in [2.45, 2.75) is 4.90 Å². The molecule has 0 unspecified atom stereocenters. The number of nitrogens with two attached hydrogens (primary N) is 1. The third-order valence-electron chi connectivity index (χ3n) is 1.39. The van der Waals surface area contributed by atoms with Gasteiger partial charge in [0.2, 0.25) is 10.0 Å². The Morgan fingerprint density at radius 1 is 1.46 bits per heavy atom. The van der Waals surface area contributed by atoms with Crippen molar-refractivity contribution >= 4 is 10.0 Å². The third-order valence-corrected chi connectivity index (χ3v) is 2.34. The molecule has 0 bridgehead atoms. The fourth-order valence-electron chi connectivity index (χ4n) is 0.839. The van der Waals surface area contributed by atoms with Gasteiger partial charge in [0, 0.05) is 6.07 Å². The molecule has 0 radical (unpaired) electrons. The van der Waals surface area contributed by atoms with Crippen molar-refractivity contribution in [2.24, 2.45) is 5.14 Å². The van der Waals surface area contributed by atoms with Gasteiger partial charge in [0.25, 0.3) is 0 Å². The molecule has 68 valence electrons. The molecule has 0 aliphatic rings. The number of phenols is 1. The second-order valence-corrected chi connectivity index (χ2v) is 3.87. The van der Waals surface area contributed by atoms with Gasteiger partial charge in [0.15, 0.2) is 0 Å². The number of sulfonamides is 1. The molecule has 1 aromatic rings. The normalized spacial score (nSPS) is 10.8. The molecule has 0 aromatic heterocycles. The Morgan fingerprint density at radius 2 is 2.08 bits per heavy atom. The maximum atomic E-state index is 10.9. The van der Waals surface area contributed by atoms with Crippen LogP contribution in [0.25, 0.3) is 0 Å². The molecule has 6 heteroatoms. The lowest BCUT2D eigenvalue weighted by Crippen LogP contribution is -2.13. The van der Waals surface area contributed by atoms with Crippen molar-refractivity contribution in [3.05, 3.63) is 23.8 Å². The monoisotopic (exact) mass is 198 g/mol. The molecular formula is C7H6N2O3S. The first kappa shape index (κ1) is 9.51. The van der Waals surface area contributed by atoms with Crippen molar-refractivity contribution in [3.8, 4) is 11.8 Å². The van der Waals surface area contributed by atoms with E-state index in [0.717, 1.165) is 6.07 Å². The highest BCUT2D eigenvalue weighted by Crippen LogP contribution is 2.19. The van der Waals surface area contributed by atoms with Crippen molar-refractivity contribution < 1.29 is 13.5 Å². The summed E-state index contributed by atoms with van der Waals surface area (Å²) in [5, 5.41) is 22.3. The lowest BCUT2D eigenvalue weighted by molar-refractivity contribution is 0.473. The first-order valence-corrected chi connectivity index (χ1v) is 4.75. The molecule has 0 heterocycles. The van der Waals surface area contributed by atoms with Crippen LogP contribution < -0.4 is 5.14 Å². The van der Waals surface area contributed by atoms with Gasteiger partial charge >= 0.3 is 0 Å². The Hall–Kier alpha value is -1.58. The predicted octanol–water partition coefficient (Wildman–Crippen LogP) is -0.0887. The topological polar surface area (TPSA) is 104 Å². The zero-order valence-corrected chi connectivity index (χ0v) is 7.25. The fraction of sp³-hybridized carbons (Fsp3) is 0. The number of nitriles is 1. The summed E-state index contributed by atoms with van der Waals surface area (Å²) < 4.78 is 21.8. The predicted molar refractivity (Wildman–Crippen MR) is 44.2 cm³/mol. The van der Waals surface area contributed by atoms with Crippen LogP contribution in [0, 0.1) is 11.3 Å². The smallest absolute Gasteiger partial charge is 0.239 e. The average molecular weight is 198 g/mol. The highest BCUT2D eigenvalue weighted by Gasteiger charge is 2.14. The minimum atomic E-state index is -3.95. The van der Waals surface area contributed by atoms with E-state index in [1.807, 2.05) is 0 Å². The lowest BCUT2D eigenvalue weighted by Gasteiger charge is -2.00. The Kier molecular flexibility index (Phi) is 2.23.